The largest absolute Gasteiger partial charge is 0.366 e. The summed E-state index contributed by atoms with van der Waals surface area (Å²) in [5, 5.41) is 13.5. The van der Waals surface area contributed by atoms with Crippen molar-refractivity contribution >= 4 is 23.0 Å². The van der Waals surface area contributed by atoms with Crippen LogP contribution in [0.4, 0.5) is 0 Å². The number of carbonyl (C=O) groups is 2. The highest BCUT2D eigenvalue weighted by molar-refractivity contribution is 6.54. The van der Waals surface area contributed by atoms with E-state index >= 15 is 0 Å². The Bertz CT molecular complexity index is 1440. The van der Waals surface area contributed by atoms with Crippen LogP contribution >= 0.6 is 0 Å². The predicted molar refractivity (Wildman–Crippen MR) is 126 cm³/mol. The third-order valence-corrected chi connectivity index (χ3v) is 5.84. The number of rotatable bonds is 3. The molecular formula is C28H18N2O3. The number of ketones is 1. The maximum absolute atomic E-state index is 13.2. The number of fused-ring (bicyclic) bond motifs is 2. The van der Waals surface area contributed by atoms with Gasteiger partial charge in [-0.1, -0.05) is 78.0 Å². The molecule has 0 saturated heterocycles. The van der Waals surface area contributed by atoms with Crippen LogP contribution in [0.15, 0.2) is 95.7 Å². The zero-order chi connectivity index (χ0) is 22.8. The minimum absolute atomic E-state index is 0.163. The molecule has 2 aliphatic rings. The molecule has 0 aliphatic heterocycles. The Balaban J connectivity index is 1.53. The van der Waals surface area contributed by atoms with Crippen molar-refractivity contribution in [3.8, 4) is 17.2 Å². The van der Waals surface area contributed by atoms with E-state index in [1.807, 2.05) is 18.2 Å². The fraction of sp³-hybridized carbons (Fsp3) is 0.0714. The van der Waals surface area contributed by atoms with Gasteiger partial charge < -0.3 is 4.84 Å². The summed E-state index contributed by atoms with van der Waals surface area (Å²) < 4.78 is 0. The molecule has 5 heteroatoms. The highest BCUT2D eigenvalue weighted by atomic mass is 16.7. The predicted octanol–water partition coefficient (Wildman–Crippen LogP) is 5.74. The van der Waals surface area contributed by atoms with E-state index in [2.05, 4.69) is 17.3 Å². The van der Waals surface area contributed by atoms with Crippen LogP contribution in [0.1, 0.15) is 44.7 Å². The second kappa shape index (κ2) is 8.52. The lowest BCUT2D eigenvalue weighted by molar-refractivity contribution is 0.0517. The molecule has 2 aliphatic carbocycles. The molecule has 0 aromatic heterocycles. The van der Waals surface area contributed by atoms with Gasteiger partial charge in [0.25, 0.3) is 0 Å². The molecule has 158 valence electrons. The summed E-state index contributed by atoms with van der Waals surface area (Å²) in [5.41, 5.74) is 5.23. The van der Waals surface area contributed by atoms with Crippen LogP contribution < -0.4 is 0 Å². The molecule has 0 amide bonds. The van der Waals surface area contributed by atoms with E-state index in [9.17, 15) is 14.9 Å². The van der Waals surface area contributed by atoms with Crippen LogP contribution in [0, 0.1) is 11.3 Å². The minimum atomic E-state index is -0.689. The number of hydrogen-bond acceptors (Lipinski definition) is 5. The van der Waals surface area contributed by atoms with Crippen molar-refractivity contribution in [1.29, 1.82) is 5.26 Å². The van der Waals surface area contributed by atoms with Crippen LogP contribution in [-0.4, -0.2) is 17.5 Å². The lowest BCUT2D eigenvalue weighted by atomic mass is 9.79. The van der Waals surface area contributed by atoms with Gasteiger partial charge in [-0.15, -0.1) is 0 Å². The fourth-order valence-electron chi connectivity index (χ4n) is 4.29. The first-order chi connectivity index (χ1) is 16.2. The maximum atomic E-state index is 13.2. The molecule has 33 heavy (non-hydrogen) atoms. The summed E-state index contributed by atoms with van der Waals surface area (Å²) in [6, 6.07) is 23.5. The average Bonchev–Trinajstić information content (AvgIpc) is 2.88. The standard InChI is InChI=1S/C28H18N2O3/c29-17-18-9-1-2-10-19(18)20-11-5-8-16-25(20)28(32)33-30-26-23-14-6-3-12-21(23)22-13-4-7-15-24(22)27(26)31/h1-5,7-13,15-16H,6,14H2/b30-26+. The topological polar surface area (TPSA) is 79.5 Å². The normalized spacial score (nSPS) is 15.6. The molecule has 0 heterocycles. The SMILES string of the molecule is N#Cc1ccccc1-c1ccccc1C(=O)O/N=C1/C(=O)c2ccccc2C2=C1CCC=C2. The number of allylic oxidation sites excluding steroid dienone is 4. The third kappa shape index (κ3) is 3.58. The lowest BCUT2D eigenvalue weighted by Crippen LogP contribution is -2.25. The number of hydrogen-bond donors (Lipinski definition) is 0. The number of carbonyl (C=O) groups excluding carboxylic acids is 2. The van der Waals surface area contributed by atoms with E-state index in [0.29, 0.717) is 28.7 Å². The Kier molecular flexibility index (Phi) is 5.26. The molecule has 0 unspecified atom stereocenters. The number of nitriles is 1. The zero-order valence-electron chi connectivity index (χ0n) is 17.6. The Morgan fingerprint density at radius 2 is 1.55 bits per heavy atom. The second-order valence-corrected chi connectivity index (χ2v) is 7.73. The van der Waals surface area contributed by atoms with Gasteiger partial charge in [-0.05, 0) is 47.2 Å². The fourth-order valence-corrected chi connectivity index (χ4v) is 4.29. The molecule has 0 atom stereocenters. The molecule has 0 radical (unpaired) electrons. The zero-order valence-corrected chi connectivity index (χ0v) is 17.6. The van der Waals surface area contributed by atoms with Crippen LogP contribution in [0.3, 0.4) is 0 Å². The Hall–Kier alpha value is -4.56. The minimum Gasteiger partial charge on any atom is -0.312 e. The maximum Gasteiger partial charge on any atom is 0.366 e. The number of Topliss-reactive ketones (excluding diaryl/α,β-unsaturated/α-hetero) is 1. The smallest absolute Gasteiger partial charge is 0.312 e. The molecule has 3 aromatic rings. The Morgan fingerprint density at radius 3 is 2.33 bits per heavy atom. The first kappa shape index (κ1) is 20.3. The van der Waals surface area contributed by atoms with Gasteiger partial charge in [-0.25, -0.2) is 4.79 Å². The lowest BCUT2D eigenvalue weighted by Gasteiger charge is -2.23. The van der Waals surface area contributed by atoms with Crippen molar-refractivity contribution < 1.29 is 14.4 Å². The summed E-state index contributed by atoms with van der Waals surface area (Å²) in [6.45, 7) is 0. The van der Waals surface area contributed by atoms with Gasteiger partial charge in [0.2, 0.25) is 5.78 Å². The van der Waals surface area contributed by atoms with Crippen molar-refractivity contribution in [1.82, 2.24) is 0 Å². The van der Waals surface area contributed by atoms with Gasteiger partial charge in [0.1, 0.15) is 0 Å². The van der Waals surface area contributed by atoms with Crippen LogP contribution in [0.5, 0.6) is 0 Å². The van der Waals surface area contributed by atoms with Crippen molar-refractivity contribution in [3.63, 3.8) is 0 Å². The molecule has 0 bridgehead atoms. The Morgan fingerprint density at radius 1 is 0.879 bits per heavy atom. The van der Waals surface area contributed by atoms with E-state index < -0.39 is 5.97 Å². The number of oxime groups is 1. The van der Waals surface area contributed by atoms with Crippen LogP contribution in [0.2, 0.25) is 0 Å². The van der Waals surface area contributed by atoms with E-state index in [0.717, 1.165) is 23.1 Å². The van der Waals surface area contributed by atoms with Gasteiger partial charge in [0.05, 0.1) is 17.2 Å². The Labute approximate surface area is 190 Å². The van der Waals surface area contributed by atoms with Gasteiger partial charge in [-0.3, -0.25) is 4.79 Å². The first-order valence-electron chi connectivity index (χ1n) is 10.6. The molecule has 0 saturated carbocycles. The van der Waals surface area contributed by atoms with Crippen molar-refractivity contribution in [2.75, 3.05) is 0 Å². The summed E-state index contributed by atoms with van der Waals surface area (Å²) >= 11 is 0. The monoisotopic (exact) mass is 430 g/mol. The number of nitrogens with zero attached hydrogens (tertiary/aromatic N) is 2. The molecule has 0 N–H and O–H groups in total. The molecular weight excluding hydrogens is 412 g/mol. The van der Waals surface area contributed by atoms with Gasteiger partial charge in [0, 0.05) is 11.1 Å². The first-order valence-corrected chi connectivity index (χ1v) is 10.6. The van der Waals surface area contributed by atoms with Crippen LogP contribution in [-0.2, 0) is 4.84 Å². The summed E-state index contributed by atoms with van der Waals surface area (Å²) in [4.78, 5) is 31.5. The van der Waals surface area contributed by atoms with E-state index in [4.69, 9.17) is 4.84 Å². The van der Waals surface area contributed by atoms with Gasteiger partial charge in [-0.2, -0.15) is 5.26 Å². The third-order valence-electron chi connectivity index (χ3n) is 5.84. The van der Waals surface area contributed by atoms with Crippen molar-refractivity contribution in [2.45, 2.75) is 12.8 Å². The summed E-state index contributed by atoms with van der Waals surface area (Å²) in [7, 11) is 0. The van der Waals surface area contributed by atoms with Gasteiger partial charge >= 0.3 is 5.97 Å². The quantitative estimate of drug-likeness (QED) is 0.392. The van der Waals surface area contributed by atoms with Gasteiger partial charge in [0.15, 0.2) is 5.71 Å². The molecule has 5 rings (SSSR count). The molecule has 0 spiro atoms. The van der Waals surface area contributed by atoms with E-state index in [1.165, 1.54) is 0 Å². The molecule has 5 nitrogen and oxygen atoms in total. The number of benzene rings is 3. The van der Waals surface area contributed by atoms with Crippen molar-refractivity contribution in [3.05, 3.63) is 113 Å². The van der Waals surface area contributed by atoms with E-state index in [1.54, 1.807) is 60.7 Å². The average molecular weight is 430 g/mol. The summed E-state index contributed by atoms with van der Waals surface area (Å²) in [6.07, 6.45) is 5.50. The van der Waals surface area contributed by atoms with Crippen LogP contribution in [0.25, 0.3) is 16.7 Å². The highest BCUT2D eigenvalue weighted by Gasteiger charge is 2.31. The summed E-state index contributed by atoms with van der Waals surface area (Å²) in [5.74, 6) is -0.943. The second-order valence-electron chi connectivity index (χ2n) is 7.73. The van der Waals surface area contributed by atoms with E-state index in [-0.39, 0.29) is 17.1 Å². The van der Waals surface area contributed by atoms with Crippen molar-refractivity contribution in [2.24, 2.45) is 5.16 Å². The highest BCUT2D eigenvalue weighted by Crippen LogP contribution is 2.36. The molecule has 3 aromatic carbocycles. The molecule has 0 fully saturated rings.